The Morgan fingerprint density at radius 2 is 2.23 bits per heavy atom. The molecule has 0 fully saturated rings. The fourth-order valence-corrected chi connectivity index (χ4v) is 1.15. The Hall–Kier alpha value is -0.870. The molecule has 1 aromatic rings. The van der Waals surface area contributed by atoms with E-state index in [4.69, 9.17) is 0 Å². The van der Waals surface area contributed by atoms with Gasteiger partial charge >= 0.3 is 0 Å². The standard InChI is InChI=1S/C9H16N2O2/c1-4-11-6-5-10-8(11)7(12)9(2,3)13/h5-7,12-13H,4H2,1-3H3. The molecular formula is C9H16N2O2. The van der Waals surface area contributed by atoms with Crippen LogP contribution in [-0.2, 0) is 6.54 Å². The Balaban J connectivity index is 2.94. The van der Waals surface area contributed by atoms with Crippen LogP contribution in [0.4, 0.5) is 0 Å². The quantitative estimate of drug-likeness (QED) is 0.727. The van der Waals surface area contributed by atoms with Gasteiger partial charge in [0.25, 0.3) is 0 Å². The average Bonchev–Trinajstić information content (AvgIpc) is 2.48. The highest BCUT2D eigenvalue weighted by Gasteiger charge is 2.29. The highest BCUT2D eigenvalue weighted by atomic mass is 16.3. The lowest BCUT2D eigenvalue weighted by molar-refractivity contribution is -0.0554. The Labute approximate surface area is 77.8 Å². The average molecular weight is 184 g/mol. The van der Waals surface area contributed by atoms with Crippen molar-refractivity contribution in [2.75, 3.05) is 0 Å². The monoisotopic (exact) mass is 184 g/mol. The van der Waals surface area contributed by atoms with Crippen molar-refractivity contribution >= 4 is 0 Å². The van der Waals surface area contributed by atoms with Crippen LogP contribution in [0, 0.1) is 0 Å². The van der Waals surface area contributed by atoms with E-state index in [1.807, 2.05) is 11.5 Å². The van der Waals surface area contributed by atoms with Crippen molar-refractivity contribution in [2.45, 2.75) is 39.0 Å². The summed E-state index contributed by atoms with van der Waals surface area (Å²) < 4.78 is 1.81. The number of aliphatic hydroxyl groups is 2. The minimum atomic E-state index is -1.15. The summed E-state index contributed by atoms with van der Waals surface area (Å²) in [5.41, 5.74) is -1.15. The van der Waals surface area contributed by atoms with E-state index in [1.165, 1.54) is 0 Å². The zero-order valence-corrected chi connectivity index (χ0v) is 8.23. The van der Waals surface area contributed by atoms with Crippen LogP contribution in [0.5, 0.6) is 0 Å². The van der Waals surface area contributed by atoms with Gasteiger partial charge < -0.3 is 14.8 Å². The second-order valence-electron chi connectivity index (χ2n) is 3.63. The SMILES string of the molecule is CCn1ccnc1C(O)C(C)(C)O. The molecule has 1 unspecified atom stereocenters. The molecule has 1 atom stereocenters. The largest absolute Gasteiger partial charge is 0.387 e. The second-order valence-corrected chi connectivity index (χ2v) is 3.63. The van der Waals surface area contributed by atoms with E-state index in [1.54, 1.807) is 26.2 Å². The van der Waals surface area contributed by atoms with Crippen LogP contribution in [0.25, 0.3) is 0 Å². The molecule has 0 aliphatic heterocycles. The number of hydrogen-bond acceptors (Lipinski definition) is 3. The van der Waals surface area contributed by atoms with Crippen LogP contribution in [0.15, 0.2) is 12.4 Å². The van der Waals surface area contributed by atoms with Crippen LogP contribution in [0.2, 0.25) is 0 Å². The lowest BCUT2D eigenvalue weighted by Gasteiger charge is -2.24. The third-order valence-corrected chi connectivity index (χ3v) is 2.00. The van der Waals surface area contributed by atoms with Crippen LogP contribution in [-0.4, -0.2) is 25.4 Å². The first-order valence-corrected chi connectivity index (χ1v) is 4.38. The molecule has 0 radical (unpaired) electrons. The molecule has 4 nitrogen and oxygen atoms in total. The summed E-state index contributed by atoms with van der Waals surface area (Å²) in [5.74, 6) is 0.509. The predicted molar refractivity (Wildman–Crippen MR) is 49.2 cm³/mol. The summed E-state index contributed by atoms with van der Waals surface area (Å²) in [7, 11) is 0. The smallest absolute Gasteiger partial charge is 0.140 e. The van der Waals surface area contributed by atoms with Crippen molar-refractivity contribution in [1.82, 2.24) is 9.55 Å². The van der Waals surface area contributed by atoms with Crippen molar-refractivity contribution in [3.8, 4) is 0 Å². The van der Waals surface area contributed by atoms with Gasteiger partial charge in [-0.2, -0.15) is 0 Å². The topological polar surface area (TPSA) is 58.3 Å². The zero-order chi connectivity index (χ0) is 10.1. The van der Waals surface area contributed by atoms with Crippen molar-refractivity contribution in [3.05, 3.63) is 18.2 Å². The van der Waals surface area contributed by atoms with Gasteiger partial charge in [0.2, 0.25) is 0 Å². The molecule has 13 heavy (non-hydrogen) atoms. The summed E-state index contributed by atoms with van der Waals surface area (Å²) in [5, 5.41) is 19.3. The minimum Gasteiger partial charge on any atom is -0.387 e. The molecule has 1 heterocycles. The number of rotatable bonds is 3. The van der Waals surface area contributed by atoms with Gasteiger partial charge in [-0.25, -0.2) is 4.98 Å². The van der Waals surface area contributed by atoms with Crippen LogP contribution >= 0.6 is 0 Å². The van der Waals surface area contributed by atoms with E-state index in [0.29, 0.717) is 5.82 Å². The van der Waals surface area contributed by atoms with Crippen LogP contribution in [0.3, 0.4) is 0 Å². The molecule has 0 saturated carbocycles. The maximum atomic E-state index is 9.72. The lowest BCUT2D eigenvalue weighted by Crippen LogP contribution is -2.30. The van der Waals surface area contributed by atoms with E-state index in [9.17, 15) is 10.2 Å². The Morgan fingerprint density at radius 1 is 1.62 bits per heavy atom. The highest BCUT2D eigenvalue weighted by Crippen LogP contribution is 2.23. The first-order valence-electron chi connectivity index (χ1n) is 4.38. The Bertz CT molecular complexity index is 275. The fraction of sp³-hybridized carbons (Fsp3) is 0.667. The van der Waals surface area contributed by atoms with E-state index >= 15 is 0 Å². The first kappa shape index (κ1) is 10.2. The first-order chi connectivity index (χ1) is 5.96. The number of hydrogen-bond donors (Lipinski definition) is 2. The molecule has 0 amide bonds. The maximum Gasteiger partial charge on any atom is 0.140 e. The number of aliphatic hydroxyl groups excluding tert-OH is 1. The van der Waals surface area contributed by atoms with Gasteiger partial charge in [-0.15, -0.1) is 0 Å². The predicted octanol–water partition coefficient (Wildman–Crippen LogP) is 0.707. The van der Waals surface area contributed by atoms with E-state index in [2.05, 4.69) is 4.98 Å². The summed E-state index contributed by atoms with van der Waals surface area (Å²) in [4.78, 5) is 4.01. The Morgan fingerprint density at radius 3 is 2.69 bits per heavy atom. The minimum absolute atomic E-state index is 0.509. The number of nitrogens with zero attached hydrogens (tertiary/aromatic N) is 2. The molecule has 0 aliphatic rings. The van der Waals surface area contributed by atoms with Gasteiger partial charge in [-0.1, -0.05) is 0 Å². The third kappa shape index (κ3) is 2.08. The maximum absolute atomic E-state index is 9.72. The van der Waals surface area contributed by atoms with Gasteiger partial charge in [-0.05, 0) is 20.8 Å². The number of aryl methyl sites for hydroxylation is 1. The molecule has 0 saturated heterocycles. The molecule has 0 aliphatic carbocycles. The molecule has 2 N–H and O–H groups in total. The fourth-order valence-electron chi connectivity index (χ4n) is 1.15. The van der Waals surface area contributed by atoms with Crippen LogP contribution < -0.4 is 0 Å². The van der Waals surface area contributed by atoms with Crippen molar-refractivity contribution in [1.29, 1.82) is 0 Å². The third-order valence-electron chi connectivity index (χ3n) is 2.00. The normalized spacial score (nSPS) is 14.5. The summed E-state index contributed by atoms with van der Waals surface area (Å²) in [6, 6.07) is 0. The molecule has 4 heteroatoms. The van der Waals surface area contributed by atoms with Gasteiger partial charge in [0.1, 0.15) is 11.9 Å². The van der Waals surface area contributed by atoms with Gasteiger partial charge in [0.05, 0.1) is 5.60 Å². The molecule has 1 rings (SSSR count). The van der Waals surface area contributed by atoms with Crippen molar-refractivity contribution in [3.63, 3.8) is 0 Å². The lowest BCUT2D eigenvalue weighted by atomic mass is 10.0. The number of aromatic nitrogens is 2. The van der Waals surface area contributed by atoms with Crippen LogP contribution in [0.1, 0.15) is 32.7 Å². The Kier molecular flexibility index (Phi) is 2.73. The summed E-state index contributed by atoms with van der Waals surface area (Å²) in [6.07, 6.45) is 2.46. The molecule has 0 bridgehead atoms. The highest BCUT2D eigenvalue weighted by molar-refractivity contribution is 5.01. The van der Waals surface area contributed by atoms with Crippen molar-refractivity contribution in [2.24, 2.45) is 0 Å². The molecular weight excluding hydrogens is 168 g/mol. The number of imidazole rings is 1. The molecule has 74 valence electrons. The molecule has 0 aromatic carbocycles. The van der Waals surface area contributed by atoms with Crippen molar-refractivity contribution < 1.29 is 10.2 Å². The van der Waals surface area contributed by atoms with E-state index in [0.717, 1.165) is 6.54 Å². The van der Waals surface area contributed by atoms with Gasteiger partial charge in [-0.3, -0.25) is 0 Å². The molecule has 0 spiro atoms. The zero-order valence-electron chi connectivity index (χ0n) is 8.23. The second kappa shape index (κ2) is 3.47. The van der Waals surface area contributed by atoms with Gasteiger partial charge in [0.15, 0.2) is 0 Å². The van der Waals surface area contributed by atoms with Gasteiger partial charge in [0, 0.05) is 18.9 Å². The van der Waals surface area contributed by atoms with E-state index < -0.39 is 11.7 Å². The molecule has 1 aromatic heterocycles. The summed E-state index contributed by atoms with van der Waals surface area (Å²) in [6.45, 7) is 5.82. The summed E-state index contributed by atoms with van der Waals surface area (Å²) >= 11 is 0. The van der Waals surface area contributed by atoms with E-state index in [-0.39, 0.29) is 0 Å².